The van der Waals surface area contributed by atoms with Gasteiger partial charge in [-0.05, 0) is 38.4 Å². The first-order chi connectivity index (χ1) is 9.22. The van der Waals surface area contributed by atoms with Gasteiger partial charge >= 0.3 is 0 Å². The number of nitrogens with one attached hydrogen (secondary N) is 1. The van der Waals surface area contributed by atoms with E-state index in [2.05, 4.69) is 23.3 Å². The molecule has 3 heteroatoms. The SMILES string of the molecule is Cc1cccc(C#N)c1NCCN(C)C1CCCC1. The van der Waals surface area contributed by atoms with Crippen LogP contribution in [0, 0.1) is 18.3 Å². The van der Waals surface area contributed by atoms with Crippen molar-refractivity contribution < 1.29 is 0 Å². The molecule has 0 heterocycles. The first-order valence-corrected chi connectivity index (χ1v) is 7.16. The maximum absolute atomic E-state index is 9.12. The van der Waals surface area contributed by atoms with Crippen LogP contribution < -0.4 is 5.32 Å². The Balaban J connectivity index is 1.87. The maximum Gasteiger partial charge on any atom is 0.101 e. The fourth-order valence-electron chi connectivity index (χ4n) is 2.88. The van der Waals surface area contributed by atoms with Gasteiger partial charge < -0.3 is 10.2 Å². The molecule has 0 saturated heterocycles. The number of benzene rings is 1. The van der Waals surface area contributed by atoms with E-state index in [-0.39, 0.29) is 0 Å². The molecule has 3 nitrogen and oxygen atoms in total. The average Bonchev–Trinajstić information content (AvgIpc) is 2.94. The van der Waals surface area contributed by atoms with Crippen molar-refractivity contribution in [3.05, 3.63) is 29.3 Å². The van der Waals surface area contributed by atoms with Gasteiger partial charge in [-0.2, -0.15) is 5.26 Å². The number of hydrogen-bond donors (Lipinski definition) is 1. The van der Waals surface area contributed by atoms with Crippen LogP contribution in [0.15, 0.2) is 18.2 Å². The Morgan fingerprint density at radius 2 is 2.11 bits per heavy atom. The van der Waals surface area contributed by atoms with Gasteiger partial charge in [0.1, 0.15) is 6.07 Å². The summed E-state index contributed by atoms with van der Waals surface area (Å²) in [4.78, 5) is 2.45. The Morgan fingerprint density at radius 1 is 1.37 bits per heavy atom. The van der Waals surface area contributed by atoms with Crippen LogP contribution in [0.3, 0.4) is 0 Å². The minimum atomic E-state index is 0.739. The van der Waals surface area contributed by atoms with Crippen LogP contribution >= 0.6 is 0 Å². The summed E-state index contributed by atoms with van der Waals surface area (Å²) in [6, 6.07) is 8.86. The van der Waals surface area contributed by atoms with E-state index < -0.39 is 0 Å². The molecule has 0 amide bonds. The Hall–Kier alpha value is -1.53. The summed E-state index contributed by atoms with van der Waals surface area (Å²) >= 11 is 0. The topological polar surface area (TPSA) is 39.1 Å². The molecule has 0 aromatic heterocycles. The molecule has 0 radical (unpaired) electrons. The third kappa shape index (κ3) is 3.48. The largest absolute Gasteiger partial charge is 0.382 e. The average molecular weight is 257 g/mol. The molecule has 1 aromatic carbocycles. The molecule has 2 rings (SSSR count). The fourth-order valence-corrected chi connectivity index (χ4v) is 2.88. The number of likely N-dealkylation sites (N-methyl/N-ethyl adjacent to an activating group) is 1. The molecule has 0 aliphatic heterocycles. The van der Waals surface area contributed by atoms with Gasteiger partial charge in [-0.15, -0.1) is 0 Å². The van der Waals surface area contributed by atoms with Crippen LogP contribution in [0.2, 0.25) is 0 Å². The number of rotatable bonds is 5. The van der Waals surface area contributed by atoms with Crippen LogP contribution in [-0.2, 0) is 0 Å². The van der Waals surface area contributed by atoms with Crippen molar-refractivity contribution >= 4 is 5.69 Å². The molecule has 1 saturated carbocycles. The lowest BCUT2D eigenvalue weighted by Gasteiger charge is -2.24. The molecule has 0 atom stereocenters. The third-order valence-electron chi connectivity index (χ3n) is 4.11. The third-order valence-corrected chi connectivity index (χ3v) is 4.11. The van der Waals surface area contributed by atoms with E-state index in [1.807, 2.05) is 25.1 Å². The van der Waals surface area contributed by atoms with Crippen LogP contribution in [0.4, 0.5) is 5.69 Å². The number of hydrogen-bond acceptors (Lipinski definition) is 3. The highest BCUT2D eigenvalue weighted by Crippen LogP contribution is 2.22. The van der Waals surface area contributed by atoms with Gasteiger partial charge in [0.2, 0.25) is 0 Å². The molecular weight excluding hydrogens is 234 g/mol. The number of anilines is 1. The van der Waals surface area contributed by atoms with Gasteiger partial charge in [0.05, 0.1) is 11.3 Å². The van der Waals surface area contributed by atoms with E-state index in [9.17, 15) is 0 Å². The van der Waals surface area contributed by atoms with Crippen molar-refractivity contribution in [2.24, 2.45) is 0 Å². The lowest BCUT2D eigenvalue weighted by molar-refractivity contribution is 0.254. The molecule has 1 aliphatic carbocycles. The molecule has 0 bridgehead atoms. The van der Waals surface area contributed by atoms with Gasteiger partial charge in [-0.25, -0.2) is 0 Å². The standard InChI is InChI=1S/C16H23N3/c1-13-6-5-7-14(12-17)16(13)18-10-11-19(2)15-8-3-4-9-15/h5-7,15,18H,3-4,8-11H2,1-2H3. The molecule has 1 N–H and O–H groups in total. The van der Waals surface area contributed by atoms with Gasteiger partial charge in [-0.1, -0.05) is 25.0 Å². The second kappa shape index (κ2) is 6.58. The van der Waals surface area contributed by atoms with Crippen molar-refractivity contribution in [1.29, 1.82) is 5.26 Å². The monoisotopic (exact) mass is 257 g/mol. The van der Waals surface area contributed by atoms with Crippen molar-refractivity contribution in [3.8, 4) is 6.07 Å². The second-order valence-corrected chi connectivity index (χ2v) is 5.45. The summed E-state index contributed by atoms with van der Waals surface area (Å²) in [7, 11) is 2.21. The van der Waals surface area contributed by atoms with E-state index in [1.54, 1.807) is 0 Å². The zero-order valence-electron chi connectivity index (χ0n) is 11.9. The van der Waals surface area contributed by atoms with Crippen molar-refractivity contribution in [2.75, 3.05) is 25.5 Å². The van der Waals surface area contributed by atoms with Crippen molar-refractivity contribution in [1.82, 2.24) is 4.90 Å². The smallest absolute Gasteiger partial charge is 0.101 e. The summed E-state index contributed by atoms with van der Waals surface area (Å²) in [5.41, 5.74) is 2.87. The highest BCUT2D eigenvalue weighted by molar-refractivity contribution is 5.62. The Bertz CT molecular complexity index is 456. The lowest BCUT2D eigenvalue weighted by atomic mass is 10.1. The van der Waals surface area contributed by atoms with Crippen LogP contribution in [-0.4, -0.2) is 31.1 Å². The number of nitrogens with zero attached hydrogens (tertiary/aromatic N) is 2. The highest BCUT2D eigenvalue weighted by Gasteiger charge is 2.18. The zero-order chi connectivity index (χ0) is 13.7. The van der Waals surface area contributed by atoms with E-state index in [0.29, 0.717) is 0 Å². The lowest BCUT2D eigenvalue weighted by Crippen LogP contribution is -2.33. The number of aryl methyl sites for hydroxylation is 1. The minimum absolute atomic E-state index is 0.739. The number of para-hydroxylation sites is 1. The first kappa shape index (κ1) is 13.9. The van der Waals surface area contributed by atoms with Gasteiger partial charge in [0.15, 0.2) is 0 Å². The molecule has 1 fully saturated rings. The highest BCUT2D eigenvalue weighted by atomic mass is 15.1. The Kier molecular flexibility index (Phi) is 4.81. The molecule has 1 aliphatic rings. The van der Waals surface area contributed by atoms with Crippen LogP contribution in [0.25, 0.3) is 0 Å². The molecule has 102 valence electrons. The minimum Gasteiger partial charge on any atom is -0.382 e. The fraction of sp³-hybridized carbons (Fsp3) is 0.562. The zero-order valence-corrected chi connectivity index (χ0v) is 11.9. The van der Waals surface area contributed by atoms with E-state index >= 15 is 0 Å². The first-order valence-electron chi connectivity index (χ1n) is 7.16. The normalized spacial score (nSPS) is 15.7. The molecule has 19 heavy (non-hydrogen) atoms. The van der Waals surface area contributed by atoms with Crippen LogP contribution in [0.1, 0.15) is 36.8 Å². The predicted molar refractivity (Wildman–Crippen MR) is 79.3 cm³/mol. The van der Waals surface area contributed by atoms with Gasteiger partial charge in [-0.3, -0.25) is 0 Å². The summed E-state index contributed by atoms with van der Waals surface area (Å²) in [5.74, 6) is 0. The quantitative estimate of drug-likeness (QED) is 0.880. The number of nitriles is 1. The molecule has 0 unspecified atom stereocenters. The summed E-state index contributed by atoms with van der Waals surface area (Å²) in [6.45, 7) is 3.97. The Morgan fingerprint density at radius 3 is 2.79 bits per heavy atom. The summed E-state index contributed by atoms with van der Waals surface area (Å²) < 4.78 is 0. The van der Waals surface area contributed by atoms with Crippen LogP contribution in [0.5, 0.6) is 0 Å². The molecule has 1 aromatic rings. The van der Waals surface area contributed by atoms with Crippen molar-refractivity contribution in [2.45, 2.75) is 38.6 Å². The van der Waals surface area contributed by atoms with Gasteiger partial charge in [0, 0.05) is 19.1 Å². The maximum atomic E-state index is 9.12. The van der Waals surface area contributed by atoms with E-state index in [4.69, 9.17) is 5.26 Å². The Labute approximate surface area is 116 Å². The second-order valence-electron chi connectivity index (χ2n) is 5.45. The van der Waals surface area contributed by atoms with Gasteiger partial charge in [0.25, 0.3) is 0 Å². The summed E-state index contributed by atoms with van der Waals surface area (Å²) in [5, 5.41) is 12.5. The van der Waals surface area contributed by atoms with E-state index in [1.165, 1.54) is 25.7 Å². The predicted octanol–water partition coefficient (Wildman–Crippen LogP) is 3.15. The van der Waals surface area contributed by atoms with E-state index in [0.717, 1.165) is 35.9 Å². The summed E-state index contributed by atoms with van der Waals surface area (Å²) in [6.07, 6.45) is 5.42. The molecule has 0 spiro atoms. The van der Waals surface area contributed by atoms with Crippen molar-refractivity contribution in [3.63, 3.8) is 0 Å². The molecular formula is C16H23N3.